The van der Waals surface area contributed by atoms with Crippen LogP contribution in [0.15, 0.2) is 22.7 Å². The second kappa shape index (κ2) is 5.32. The molecule has 1 aromatic heterocycles. The number of carbonyl (C=O) groups is 1. The van der Waals surface area contributed by atoms with Gasteiger partial charge in [0.05, 0.1) is 17.8 Å². The first-order chi connectivity index (χ1) is 9.02. The Hall–Kier alpha value is -2.01. The molecule has 1 aromatic carbocycles. The summed E-state index contributed by atoms with van der Waals surface area (Å²) in [6.45, 7) is 3.41. The molecule has 0 radical (unpaired) electrons. The lowest BCUT2D eigenvalue weighted by Gasteiger charge is -2.07. The highest BCUT2D eigenvalue weighted by molar-refractivity contribution is 6.32. The first-order valence-electron chi connectivity index (χ1n) is 5.60. The zero-order valence-electron chi connectivity index (χ0n) is 10.8. The van der Waals surface area contributed by atoms with Gasteiger partial charge in [-0.2, -0.15) is 0 Å². The molecule has 5 nitrogen and oxygen atoms in total. The lowest BCUT2D eigenvalue weighted by Crippen LogP contribution is -2.13. The fraction of sp³-hybridized carbons (Fsp3) is 0.231. The molecule has 1 heterocycles. The van der Waals surface area contributed by atoms with Crippen LogP contribution in [-0.2, 0) is 0 Å². The standard InChI is InChI=1S/C13H13ClN2O3/c1-7-12(8(2)19-16-7)13(17)15-9-4-5-11(18-3)10(14)6-9/h4-6H,1-3H3,(H,15,17). The lowest BCUT2D eigenvalue weighted by molar-refractivity contribution is 0.102. The van der Waals surface area contributed by atoms with Crippen LogP contribution in [0, 0.1) is 13.8 Å². The van der Waals surface area contributed by atoms with Gasteiger partial charge in [0, 0.05) is 5.69 Å². The summed E-state index contributed by atoms with van der Waals surface area (Å²) in [6, 6.07) is 5.02. The highest BCUT2D eigenvalue weighted by Gasteiger charge is 2.17. The number of hydrogen-bond donors (Lipinski definition) is 1. The second-order valence-electron chi connectivity index (χ2n) is 4.00. The van der Waals surface area contributed by atoms with Crippen molar-refractivity contribution in [3.05, 3.63) is 40.2 Å². The van der Waals surface area contributed by atoms with E-state index in [1.807, 2.05) is 0 Å². The van der Waals surface area contributed by atoms with Crippen molar-refractivity contribution >= 4 is 23.2 Å². The van der Waals surface area contributed by atoms with E-state index >= 15 is 0 Å². The van der Waals surface area contributed by atoms with Crippen molar-refractivity contribution in [2.24, 2.45) is 0 Å². The molecule has 6 heteroatoms. The normalized spacial score (nSPS) is 10.3. The number of benzene rings is 1. The van der Waals surface area contributed by atoms with Gasteiger partial charge in [-0.05, 0) is 32.0 Å². The van der Waals surface area contributed by atoms with Gasteiger partial charge < -0.3 is 14.6 Å². The van der Waals surface area contributed by atoms with Gasteiger partial charge in [0.15, 0.2) is 0 Å². The number of methoxy groups -OCH3 is 1. The minimum absolute atomic E-state index is 0.280. The smallest absolute Gasteiger partial charge is 0.261 e. The number of nitrogens with zero attached hydrogens (tertiary/aromatic N) is 1. The fourth-order valence-electron chi connectivity index (χ4n) is 1.74. The molecule has 0 saturated heterocycles. The Morgan fingerprint density at radius 2 is 2.16 bits per heavy atom. The van der Waals surface area contributed by atoms with Crippen LogP contribution in [0.5, 0.6) is 5.75 Å². The average molecular weight is 281 g/mol. The molecular weight excluding hydrogens is 268 g/mol. The fourth-order valence-corrected chi connectivity index (χ4v) is 2.00. The largest absolute Gasteiger partial charge is 0.495 e. The number of anilines is 1. The summed E-state index contributed by atoms with van der Waals surface area (Å²) in [6.07, 6.45) is 0. The molecule has 2 aromatic rings. The predicted octanol–water partition coefficient (Wildman–Crippen LogP) is 3.21. The summed E-state index contributed by atoms with van der Waals surface area (Å²) in [5.41, 5.74) is 1.57. The maximum absolute atomic E-state index is 12.1. The molecule has 1 amide bonds. The van der Waals surface area contributed by atoms with Gasteiger partial charge in [0.25, 0.3) is 5.91 Å². The van der Waals surface area contributed by atoms with Gasteiger partial charge in [-0.3, -0.25) is 4.79 Å². The SMILES string of the molecule is COc1ccc(NC(=O)c2c(C)noc2C)cc1Cl. The Kier molecular flexibility index (Phi) is 3.76. The van der Waals surface area contributed by atoms with Crippen molar-refractivity contribution in [3.63, 3.8) is 0 Å². The minimum atomic E-state index is -0.280. The summed E-state index contributed by atoms with van der Waals surface area (Å²) >= 11 is 5.99. The summed E-state index contributed by atoms with van der Waals surface area (Å²) < 4.78 is 10.0. The van der Waals surface area contributed by atoms with E-state index in [1.54, 1.807) is 32.0 Å². The van der Waals surface area contributed by atoms with Crippen LogP contribution in [-0.4, -0.2) is 18.2 Å². The van der Waals surface area contributed by atoms with Crippen molar-refractivity contribution in [3.8, 4) is 5.75 Å². The van der Waals surface area contributed by atoms with Crippen LogP contribution < -0.4 is 10.1 Å². The third-order valence-electron chi connectivity index (χ3n) is 2.67. The number of halogens is 1. The topological polar surface area (TPSA) is 64.4 Å². The molecule has 2 rings (SSSR count). The molecule has 0 atom stereocenters. The van der Waals surface area contributed by atoms with Gasteiger partial charge in [0.1, 0.15) is 17.1 Å². The Balaban J connectivity index is 2.22. The molecule has 0 bridgehead atoms. The van der Waals surface area contributed by atoms with E-state index in [0.29, 0.717) is 33.5 Å². The summed E-state index contributed by atoms with van der Waals surface area (Å²) in [5, 5.41) is 6.91. The molecule has 0 aliphatic carbocycles. The van der Waals surface area contributed by atoms with Crippen LogP contribution in [0.3, 0.4) is 0 Å². The van der Waals surface area contributed by atoms with E-state index in [1.165, 1.54) is 7.11 Å². The molecule has 0 saturated carbocycles. The van der Waals surface area contributed by atoms with Crippen LogP contribution in [0.25, 0.3) is 0 Å². The molecule has 0 aliphatic rings. The quantitative estimate of drug-likeness (QED) is 0.938. The number of amides is 1. The Labute approximate surface area is 115 Å². The number of aryl methyl sites for hydroxylation is 2. The zero-order chi connectivity index (χ0) is 14.0. The van der Waals surface area contributed by atoms with E-state index in [-0.39, 0.29) is 5.91 Å². The van der Waals surface area contributed by atoms with E-state index in [0.717, 1.165) is 0 Å². The highest BCUT2D eigenvalue weighted by atomic mass is 35.5. The Bertz CT molecular complexity index is 603. The van der Waals surface area contributed by atoms with Crippen molar-refractivity contribution in [1.82, 2.24) is 5.16 Å². The van der Waals surface area contributed by atoms with Crippen LogP contribution >= 0.6 is 11.6 Å². The van der Waals surface area contributed by atoms with Gasteiger partial charge >= 0.3 is 0 Å². The molecule has 19 heavy (non-hydrogen) atoms. The molecular formula is C13H13ClN2O3. The maximum Gasteiger partial charge on any atom is 0.261 e. The average Bonchev–Trinajstić information content (AvgIpc) is 2.69. The molecule has 0 fully saturated rings. The molecule has 100 valence electrons. The minimum Gasteiger partial charge on any atom is -0.495 e. The van der Waals surface area contributed by atoms with Gasteiger partial charge in [-0.1, -0.05) is 16.8 Å². The van der Waals surface area contributed by atoms with E-state index in [2.05, 4.69) is 10.5 Å². The number of ether oxygens (including phenoxy) is 1. The third-order valence-corrected chi connectivity index (χ3v) is 2.97. The van der Waals surface area contributed by atoms with Crippen LogP contribution in [0.2, 0.25) is 5.02 Å². The monoisotopic (exact) mass is 280 g/mol. The van der Waals surface area contributed by atoms with Crippen molar-refractivity contribution < 1.29 is 14.1 Å². The Morgan fingerprint density at radius 3 is 2.68 bits per heavy atom. The van der Waals surface area contributed by atoms with Crippen molar-refractivity contribution in [1.29, 1.82) is 0 Å². The molecule has 1 N–H and O–H groups in total. The lowest BCUT2D eigenvalue weighted by atomic mass is 10.2. The van der Waals surface area contributed by atoms with Crippen molar-refractivity contribution in [2.75, 3.05) is 12.4 Å². The summed E-state index contributed by atoms with van der Waals surface area (Å²) in [5.74, 6) is 0.754. The van der Waals surface area contributed by atoms with E-state index in [4.69, 9.17) is 20.9 Å². The maximum atomic E-state index is 12.1. The van der Waals surface area contributed by atoms with Crippen molar-refractivity contribution in [2.45, 2.75) is 13.8 Å². The molecule has 0 aliphatic heterocycles. The number of aromatic nitrogens is 1. The van der Waals surface area contributed by atoms with Gasteiger partial charge in [-0.15, -0.1) is 0 Å². The van der Waals surface area contributed by atoms with E-state index in [9.17, 15) is 4.79 Å². The second-order valence-corrected chi connectivity index (χ2v) is 4.41. The Morgan fingerprint density at radius 1 is 1.42 bits per heavy atom. The molecule has 0 spiro atoms. The zero-order valence-corrected chi connectivity index (χ0v) is 11.5. The van der Waals surface area contributed by atoms with Gasteiger partial charge in [-0.25, -0.2) is 0 Å². The number of rotatable bonds is 3. The van der Waals surface area contributed by atoms with Gasteiger partial charge in [0.2, 0.25) is 0 Å². The molecule has 0 unspecified atom stereocenters. The van der Waals surface area contributed by atoms with E-state index < -0.39 is 0 Å². The first-order valence-corrected chi connectivity index (χ1v) is 5.98. The van der Waals surface area contributed by atoms with Crippen LogP contribution in [0.4, 0.5) is 5.69 Å². The third kappa shape index (κ3) is 2.71. The predicted molar refractivity (Wildman–Crippen MR) is 71.9 cm³/mol. The summed E-state index contributed by atoms with van der Waals surface area (Å²) in [7, 11) is 1.53. The first kappa shape index (κ1) is 13.4. The number of hydrogen-bond acceptors (Lipinski definition) is 4. The highest BCUT2D eigenvalue weighted by Crippen LogP contribution is 2.27. The summed E-state index contributed by atoms with van der Waals surface area (Å²) in [4.78, 5) is 12.1. The number of nitrogens with one attached hydrogen (secondary N) is 1. The number of carbonyl (C=O) groups excluding carboxylic acids is 1. The van der Waals surface area contributed by atoms with Crippen LogP contribution in [0.1, 0.15) is 21.8 Å².